The Balaban J connectivity index is 2.10. The van der Waals surface area contributed by atoms with E-state index >= 15 is 0 Å². The molecule has 0 saturated carbocycles. The van der Waals surface area contributed by atoms with E-state index in [4.69, 9.17) is 0 Å². The zero-order chi connectivity index (χ0) is 18.2. The number of carbonyl (C=O) groups excluding carboxylic acids is 2. The molecule has 2 aromatic rings. The molecule has 0 unspecified atom stereocenters. The van der Waals surface area contributed by atoms with Gasteiger partial charge in [0.05, 0.1) is 19.1 Å². The Bertz CT molecular complexity index is 699. The quantitative estimate of drug-likeness (QED) is 0.810. The number of rotatable bonds is 7. The van der Waals surface area contributed by atoms with E-state index in [9.17, 15) is 9.59 Å². The Kier molecular flexibility index (Phi) is 6.71. The summed E-state index contributed by atoms with van der Waals surface area (Å²) in [6.45, 7) is 2.25. The number of amides is 2. The molecular weight excluding hydrogens is 314 g/mol. The van der Waals surface area contributed by atoms with Crippen LogP contribution >= 0.6 is 0 Å². The van der Waals surface area contributed by atoms with Crippen LogP contribution in [0.15, 0.2) is 54.6 Å². The van der Waals surface area contributed by atoms with Gasteiger partial charge in [-0.05, 0) is 18.1 Å². The first-order valence-corrected chi connectivity index (χ1v) is 8.30. The molecule has 0 aromatic heterocycles. The first-order chi connectivity index (χ1) is 12.0. The Labute approximate surface area is 149 Å². The zero-order valence-electron chi connectivity index (χ0n) is 15.0. The summed E-state index contributed by atoms with van der Waals surface area (Å²) in [5.74, 6) is -0.314. The summed E-state index contributed by atoms with van der Waals surface area (Å²) >= 11 is 0. The average molecular weight is 339 g/mol. The molecular formula is C20H25N3O2. The van der Waals surface area contributed by atoms with Gasteiger partial charge >= 0.3 is 0 Å². The van der Waals surface area contributed by atoms with Gasteiger partial charge in [0.25, 0.3) is 0 Å². The van der Waals surface area contributed by atoms with Crippen LogP contribution in [-0.2, 0) is 9.59 Å². The van der Waals surface area contributed by atoms with Crippen molar-refractivity contribution < 1.29 is 9.59 Å². The van der Waals surface area contributed by atoms with Gasteiger partial charge in [-0.2, -0.15) is 0 Å². The molecule has 0 aliphatic carbocycles. The third-order valence-electron chi connectivity index (χ3n) is 4.09. The van der Waals surface area contributed by atoms with Gasteiger partial charge in [0.2, 0.25) is 11.8 Å². The van der Waals surface area contributed by atoms with Crippen molar-refractivity contribution in [3.8, 4) is 0 Å². The molecule has 2 aromatic carbocycles. The number of hydrogen-bond donors (Lipinski definition) is 2. The molecule has 5 heteroatoms. The summed E-state index contributed by atoms with van der Waals surface area (Å²) in [7, 11) is 3.18. The number of aryl methyl sites for hydroxylation is 1. The van der Waals surface area contributed by atoms with Crippen molar-refractivity contribution in [2.75, 3.05) is 27.2 Å². The topological polar surface area (TPSA) is 61.4 Å². The molecule has 5 nitrogen and oxygen atoms in total. The average Bonchev–Trinajstić information content (AvgIpc) is 2.63. The number of carbonyl (C=O) groups is 2. The van der Waals surface area contributed by atoms with E-state index in [2.05, 4.69) is 34.9 Å². The van der Waals surface area contributed by atoms with Gasteiger partial charge in [0.15, 0.2) is 0 Å². The molecule has 2 rings (SSSR count). The van der Waals surface area contributed by atoms with E-state index in [0.717, 1.165) is 11.1 Å². The summed E-state index contributed by atoms with van der Waals surface area (Å²) in [5, 5.41) is 5.84. The maximum atomic E-state index is 12.3. The lowest BCUT2D eigenvalue weighted by molar-refractivity contribution is -0.133. The van der Waals surface area contributed by atoms with Crippen molar-refractivity contribution in [3.63, 3.8) is 0 Å². The molecule has 0 bridgehead atoms. The van der Waals surface area contributed by atoms with Gasteiger partial charge in [-0.1, -0.05) is 60.2 Å². The molecule has 1 atom stereocenters. The molecule has 0 fully saturated rings. The number of hydrogen-bond acceptors (Lipinski definition) is 3. The minimum atomic E-state index is -0.186. The first kappa shape index (κ1) is 18.7. The predicted octanol–water partition coefficient (Wildman–Crippen LogP) is 1.88. The van der Waals surface area contributed by atoms with Crippen molar-refractivity contribution in [2.24, 2.45) is 0 Å². The number of likely N-dealkylation sites (N-methyl/N-ethyl adjacent to an activating group) is 2. The molecule has 0 aliphatic heterocycles. The van der Waals surface area contributed by atoms with Gasteiger partial charge in [-0.3, -0.25) is 14.9 Å². The lowest BCUT2D eigenvalue weighted by atomic mass is 9.98. The van der Waals surface area contributed by atoms with Crippen LogP contribution in [0.4, 0.5) is 0 Å². The normalized spacial score (nSPS) is 11.6. The standard InChI is InChI=1S/C20H25N3O2/c1-15-9-11-17(12-10-15)20(16-7-5-4-6-8-16)22-13-19(25)23(3)14-18(24)21-2/h4-12,20,22H,13-14H2,1-3H3,(H,21,24)/t20-/m1/s1. The zero-order valence-corrected chi connectivity index (χ0v) is 15.0. The summed E-state index contributed by atoms with van der Waals surface area (Å²) < 4.78 is 0. The second-order valence-electron chi connectivity index (χ2n) is 6.06. The Hall–Kier alpha value is -2.66. The Morgan fingerprint density at radius 3 is 2.20 bits per heavy atom. The lowest BCUT2D eigenvalue weighted by Crippen LogP contribution is -2.42. The van der Waals surface area contributed by atoms with E-state index in [1.54, 1.807) is 14.1 Å². The molecule has 25 heavy (non-hydrogen) atoms. The molecule has 0 aliphatic rings. The maximum Gasteiger partial charge on any atom is 0.239 e. The predicted molar refractivity (Wildman–Crippen MR) is 99.2 cm³/mol. The minimum absolute atomic E-state index is 0.0531. The highest BCUT2D eigenvalue weighted by atomic mass is 16.2. The highest BCUT2D eigenvalue weighted by Crippen LogP contribution is 2.22. The molecule has 2 N–H and O–H groups in total. The molecule has 2 amide bonds. The van der Waals surface area contributed by atoms with Crippen molar-refractivity contribution in [1.82, 2.24) is 15.5 Å². The van der Waals surface area contributed by atoms with Crippen molar-refractivity contribution >= 4 is 11.8 Å². The van der Waals surface area contributed by atoms with Gasteiger partial charge in [0.1, 0.15) is 0 Å². The van der Waals surface area contributed by atoms with Crippen LogP contribution in [0.1, 0.15) is 22.7 Å². The van der Waals surface area contributed by atoms with Gasteiger partial charge in [-0.15, -0.1) is 0 Å². The molecule has 0 heterocycles. The van der Waals surface area contributed by atoms with E-state index in [1.807, 2.05) is 37.3 Å². The van der Waals surface area contributed by atoms with Crippen LogP contribution in [0, 0.1) is 6.92 Å². The van der Waals surface area contributed by atoms with Crippen LogP contribution in [0.5, 0.6) is 0 Å². The van der Waals surface area contributed by atoms with Crippen LogP contribution < -0.4 is 10.6 Å². The molecule has 0 radical (unpaired) electrons. The van der Waals surface area contributed by atoms with Crippen LogP contribution in [-0.4, -0.2) is 43.9 Å². The summed E-state index contributed by atoms with van der Waals surface area (Å²) in [6, 6.07) is 18.2. The van der Waals surface area contributed by atoms with E-state index in [1.165, 1.54) is 10.5 Å². The fourth-order valence-electron chi connectivity index (χ4n) is 2.54. The second kappa shape index (κ2) is 8.99. The monoisotopic (exact) mass is 339 g/mol. The van der Waals surface area contributed by atoms with Crippen LogP contribution in [0.2, 0.25) is 0 Å². The molecule has 132 valence electrons. The van der Waals surface area contributed by atoms with Crippen molar-refractivity contribution in [1.29, 1.82) is 0 Å². The van der Waals surface area contributed by atoms with Crippen LogP contribution in [0.3, 0.4) is 0 Å². The van der Waals surface area contributed by atoms with Crippen molar-refractivity contribution in [3.05, 3.63) is 71.3 Å². The smallest absolute Gasteiger partial charge is 0.239 e. The Morgan fingerprint density at radius 1 is 1.00 bits per heavy atom. The molecule has 0 saturated heterocycles. The number of nitrogens with one attached hydrogen (secondary N) is 2. The first-order valence-electron chi connectivity index (χ1n) is 8.30. The minimum Gasteiger partial charge on any atom is -0.358 e. The largest absolute Gasteiger partial charge is 0.358 e. The fourth-order valence-corrected chi connectivity index (χ4v) is 2.54. The highest BCUT2D eigenvalue weighted by molar-refractivity contribution is 5.85. The van der Waals surface area contributed by atoms with E-state index < -0.39 is 0 Å². The van der Waals surface area contributed by atoms with Gasteiger partial charge in [0, 0.05) is 14.1 Å². The highest BCUT2D eigenvalue weighted by Gasteiger charge is 2.17. The fraction of sp³-hybridized carbons (Fsp3) is 0.300. The van der Waals surface area contributed by atoms with Gasteiger partial charge < -0.3 is 10.2 Å². The van der Waals surface area contributed by atoms with Gasteiger partial charge in [-0.25, -0.2) is 0 Å². The Morgan fingerprint density at radius 2 is 1.60 bits per heavy atom. The molecule has 0 spiro atoms. The number of nitrogens with zero attached hydrogens (tertiary/aromatic N) is 1. The summed E-state index contributed by atoms with van der Waals surface area (Å²) in [6.07, 6.45) is 0. The van der Waals surface area contributed by atoms with Crippen LogP contribution in [0.25, 0.3) is 0 Å². The number of benzene rings is 2. The third-order valence-corrected chi connectivity index (χ3v) is 4.09. The third kappa shape index (κ3) is 5.43. The summed E-state index contributed by atoms with van der Waals surface area (Å²) in [4.78, 5) is 25.1. The maximum absolute atomic E-state index is 12.3. The SMILES string of the molecule is CNC(=O)CN(C)C(=O)CN[C@H](c1ccccc1)c1ccc(C)cc1. The van der Waals surface area contributed by atoms with E-state index in [0.29, 0.717) is 0 Å². The lowest BCUT2D eigenvalue weighted by Gasteiger charge is -2.22. The van der Waals surface area contributed by atoms with E-state index in [-0.39, 0.29) is 30.9 Å². The summed E-state index contributed by atoms with van der Waals surface area (Å²) in [5.41, 5.74) is 3.38. The van der Waals surface area contributed by atoms with Crippen molar-refractivity contribution in [2.45, 2.75) is 13.0 Å². The second-order valence-corrected chi connectivity index (χ2v) is 6.06.